The fourth-order valence-electron chi connectivity index (χ4n) is 7.36. The van der Waals surface area contributed by atoms with E-state index in [0.29, 0.717) is 30.4 Å². The van der Waals surface area contributed by atoms with Gasteiger partial charge < -0.3 is 19.8 Å². The van der Waals surface area contributed by atoms with E-state index >= 15 is 0 Å². The maximum Gasteiger partial charge on any atom is 0.433 e. The first kappa shape index (κ1) is 30.7. The molecule has 1 aromatic carbocycles. The van der Waals surface area contributed by atoms with Gasteiger partial charge in [0.1, 0.15) is 11.9 Å². The van der Waals surface area contributed by atoms with Gasteiger partial charge in [-0.05, 0) is 74.8 Å². The third kappa shape index (κ3) is 5.27. The van der Waals surface area contributed by atoms with Crippen LogP contribution in [0, 0.1) is 22.7 Å². The number of halogens is 4. The zero-order valence-electron chi connectivity index (χ0n) is 24.1. The lowest BCUT2D eigenvalue weighted by molar-refractivity contribution is -0.152. The van der Waals surface area contributed by atoms with E-state index < -0.39 is 46.9 Å². The van der Waals surface area contributed by atoms with Gasteiger partial charge in [-0.25, -0.2) is 0 Å². The van der Waals surface area contributed by atoms with Gasteiger partial charge in [0, 0.05) is 11.6 Å². The number of aromatic nitrogens is 2. The number of alkyl halides is 3. The number of amides is 1. The average Bonchev–Trinajstić information content (AvgIpc) is 3.35. The molecule has 2 N–H and O–H groups in total. The number of methoxy groups -OCH3 is 1. The van der Waals surface area contributed by atoms with Gasteiger partial charge >= 0.3 is 12.1 Å². The summed E-state index contributed by atoms with van der Waals surface area (Å²) < 4.78 is 50.1. The highest BCUT2D eigenvalue weighted by Crippen LogP contribution is 2.67. The Balaban J connectivity index is 1.48. The highest BCUT2D eigenvalue weighted by atomic mass is 35.5. The molecule has 1 amide bonds. The van der Waals surface area contributed by atoms with Crippen molar-refractivity contribution in [2.75, 3.05) is 13.7 Å². The number of benzene rings is 1. The van der Waals surface area contributed by atoms with Crippen molar-refractivity contribution < 1.29 is 37.7 Å². The van der Waals surface area contributed by atoms with E-state index in [1.165, 1.54) is 12.0 Å². The molecule has 4 atom stereocenters. The number of fused-ring (bicyclic) bond motifs is 1. The van der Waals surface area contributed by atoms with Crippen LogP contribution in [0.25, 0.3) is 0 Å². The van der Waals surface area contributed by atoms with Gasteiger partial charge in [-0.15, -0.1) is 0 Å². The Morgan fingerprint density at radius 2 is 1.81 bits per heavy atom. The lowest BCUT2D eigenvalue weighted by Crippen LogP contribution is -2.43. The Kier molecular flexibility index (Phi) is 7.83. The number of aliphatic carboxylic acids is 1. The number of carboxylic acids is 1. The van der Waals surface area contributed by atoms with Crippen LogP contribution in [0.1, 0.15) is 93.1 Å². The maximum atomic E-state index is 14.6. The molecule has 3 aliphatic carbocycles. The van der Waals surface area contributed by atoms with Gasteiger partial charge in [0.25, 0.3) is 5.91 Å². The number of aliphatic hydroxyl groups is 1. The van der Waals surface area contributed by atoms with Crippen molar-refractivity contribution in [3.05, 3.63) is 46.2 Å². The molecule has 0 aliphatic heterocycles. The Hall–Kier alpha value is -2.79. The van der Waals surface area contributed by atoms with E-state index in [9.17, 15) is 33.0 Å². The molecule has 2 aromatic rings. The summed E-state index contributed by atoms with van der Waals surface area (Å²) >= 11 is 6.38. The number of ether oxygens (including phenoxy) is 1. The Bertz CT molecular complexity index is 1350. The van der Waals surface area contributed by atoms with Crippen molar-refractivity contribution in [1.29, 1.82) is 0 Å². The maximum absolute atomic E-state index is 14.6. The molecule has 0 unspecified atom stereocenters. The average molecular weight is 612 g/mol. The molecule has 3 fully saturated rings. The van der Waals surface area contributed by atoms with Crippen molar-refractivity contribution in [1.82, 2.24) is 14.7 Å². The topological polar surface area (TPSA) is 105 Å². The molecule has 0 bridgehead atoms. The number of carbonyl (C=O) groups excluding carboxylic acids is 1. The van der Waals surface area contributed by atoms with E-state index in [1.54, 1.807) is 25.1 Å². The third-order valence-electron chi connectivity index (χ3n) is 10.2. The van der Waals surface area contributed by atoms with Crippen molar-refractivity contribution in [3.63, 3.8) is 0 Å². The molecule has 8 nitrogen and oxygen atoms in total. The monoisotopic (exact) mass is 611 g/mol. The molecule has 1 heterocycles. The second kappa shape index (κ2) is 10.7. The normalized spacial score (nSPS) is 29.1. The minimum atomic E-state index is -4.88. The van der Waals surface area contributed by atoms with Gasteiger partial charge in [-0.1, -0.05) is 31.5 Å². The Morgan fingerprint density at radius 1 is 1.19 bits per heavy atom. The number of carboxylic acid groups (broad SMARTS) is 1. The van der Waals surface area contributed by atoms with Crippen LogP contribution in [0.2, 0.25) is 5.02 Å². The van der Waals surface area contributed by atoms with Crippen molar-refractivity contribution in [3.8, 4) is 5.75 Å². The predicted molar refractivity (Wildman–Crippen MR) is 148 cm³/mol. The lowest BCUT2D eigenvalue weighted by Gasteiger charge is -2.35. The number of rotatable bonds is 8. The van der Waals surface area contributed by atoms with Crippen LogP contribution < -0.4 is 4.74 Å². The summed E-state index contributed by atoms with van der Waals surface area (Å²) in [7, 11) is 1.42. The molecule has 230 valence electrons. The van der Waals surface area contributed by atoms with Crippen molar-refractivity contribution in [2.24, 2.45) is 22.7 Å². The number of hydrogen-bond acceptors (Lipinski definition) is 5. The van der Waals surface area contributed by atoms with Gasteiger partial charge in [0.15, 0.2) is 5.69 Å². The van der Waals surface area contributed by atoms with Crippen LogP contribution in [-0.2, 0) is 11.0 Å². The highest BCUT2D eigenvalue weighted by Gasteiger charge is 2.63. The molecular formula is C30H37ClF3N3O5. The zero-order valence-corrected chi connectivity index (χ0v) is 24.9. The van der Waals surface area contributed by atoms with E-state index in [2.05, 4.69) is 18.9 Å². The smallest absolute Gasteiger partial charge is 0.433 e. The van der Waals surface area contributed by atoms with E-state index in [1.807, 2.05) is 0 Å². The molecule has 1 aromatic heterocycles. The highest BCUT2D eigenvalue weighted by molar-refractivity contribution is 6.31. The van der Waals surface area contributed by atoms with Gasteiger partial charge in [0.05, 0.1) is 41.9 Å². The van der Waals surface area contributed by atoms with E-state index in [4.69, 9.17) is 16.3 Å². The first-order valence-electron chi connectivity index (χ1n) is 14.3. The molecular weight excluding hydrogens is 575 g/mol. The van der Waals surface area contributed by atoms with Gasteiger partial charge in [-0.2, -0.15) is 18.3 Å². The van der Waals surface area contributed by atoms with Gasteiger partial charge in [-0.3, -0.25) is 14.3 Å². The van der Waals surface area contributed by atoms with Crippen LogP contribution in [0.5, 0.6) is 5.75 Å². The van der Waals surface area contributed by atoms with E-state index in [-0.39, 0.29) is 54.3 Å². The van der Waals surface area contributed by atoms with Crippen LogP contribution >= 0.6 is 11.6 Å². The second-order valence-electron chi connectivity index (χ2n) is 12.9. The van der Waals surface area contributed by atoms with Crippen LogP contribution in [0.15, 0.2) is 24.4 Å². The minimum Gasteiger partial charge on any atom is -0.496 e. The second-order valence-corrected chi connectivity index (χ2v) is 13.3. The number of aliphatic hydroxyl groups excluding tert-OH is 1. The van der Waals surface area contributed by atoms with Crippen LogP contribution in [0.4, 0.5) is 13.2 Å². The van der Waals surface area contributed by atoms with Crippen LogP contribution in [-0.4, -0.2) is 56.5 Å². The van der Waals surface area contributed by atoms with Crippen molar-refractivity contribution in [2.45, 2.75) is 83.7 Å². The Morgan fingerprint density at radius 3 is 2.36 bits per heavy atom. The molecule has 5 rings (SSSR count). The lowest BCUT2D eigenvalue weighted by atomic mass is 9.74. The summed E-state index contributed by atoms with van der Waals surface area (Å²) in [5, 5.41) is 25.1. The fraction of sp³-hybridized carbons (Fsp3) is 0.633. The quantitative estimate of drug-likeness (QED) is 0.359. The molecule has 0 saturated heterocycles. The SMILES string of the molecule is COc1cccc(Cl)c1[C@@H](O)CN(C(=O)c1cnn([C@H]2CC[C@](C)(C(=O)O)CC2)c1C(F)(F)F)[C@H]1C[C@@H]2[C@H](C1)C2(C)C. The summed E-state index contributed by atoms with van der Waals surface area (Å²) in [5.41, 5.74) is -2.35. The molecule has 3 aliphatic rings. The molecule has 42 heavy (non-hydrogen) atoms. The number of hydrogen-bond donors (Lipinski definition) is 2. The Labute approximate surface area is 247 Å². The molecule has 0 spiro atoms. The van der Waals surface area contributed by atoms with Crippen LogP contribution in [0.3, 0.4) is 0 Å². The number of nitrogens with zero attached hydrogens (tertiary/aromatic N) is 3. The van der Waals surface area contributed by atoms with Gasteiger partial charge in [0.2, 0.25) is 0 Å². The summed E-state index contributed by atoms with van der Waals surface area (Å²) in [6, 6.07) is 3.80. The molecule has 12 heteroatoms. The largest absolute Gasteiger partial charge is 0.496 e. The van der Waals surface area contributed by atoms with E-state index in [0.717, 1.165) is 10.9 Å². The fourth-order valence-corrected chi connectivity index (χ4v) is 7.65. The zero-order chi connectivity index (χ0) is 30.8. The summed E-state index contributed by atoms with van der Waals surface area (Å²) in [4.78, 5) is 27.1. The predicted octanol–water partition coefficient (Wildman–Crippen LogP) is 6.38. The minimum absolute atomic E-state index is 0.114. The standard InChI is InChI=1S/C30H37ClF3N3O5/c1-28(2)19-12-17(13-20(19)28)36(15-22(38)24-21(31)6-5-7-23(24)42-4)26(39)18-14-35-37(25(18)30(32,33)34)16-8-10-29(3,11-9-16)27(40)41/h5-7,14,16-17,19-20,22,38H,8-13,15H2,1-4H3,(H,40,41)/t16-,17-,19+,20-,22-,29-/m0/s1. The molecule has 0 radical (unpaired) electrons. The van der Waals surface area contributed by atoms with Crippen molar-refractivity contribution >= 4 is 23.5 Å². The molecule has 3 saturated carbocycles. The number of carbonyl (C=O) groups is 2. The first-order valence-corrected chi connectivity index (χ1v) is 14.7. The summed E-state index contributed by atoms with van der Waals surface area (Å²) in [5.74, 6) is -0.822. The third-order valence-corrected chi connectivity index (χ3v) is 10.5. The summed E-state index contributed by atoms with van der Waals surface area (Å²) in [6.07, 6.45) is -3.19. The summed E-state index contributed by atoms with van der Waals surface area (Å²) in [6.45, 7) is 5.63. The first-order chi connectivity index (χ1) is 19.6.